The third kappa shape index (κ3) is 2.98. The summed E-state index contributed by atoms with van der Waals surface area (Å²) in [5, 5.41) is 0. The summed E-state index contributed by atoms with van der Waals surface area (Å²) in [4.78, 5) is 12.8. The maximum absolute atomic E-state index is 11.1. The SMILES string of the molecule is COc1ccc(C)cc1CN(C)C(C)=O. The molecule has 3 nitrogen and oxygen atoms in total. The van der Waals surface area contributed by atoms with E-state index in [1.165, 1.54) is 5.56 Å². The third-order valence-electron chi connectivity index (χ3n) is 2.38. The van der Waals surface area contributed by atoms with Crippen molar-refractivity contribution in [2.24, 2.45) is 0 Å². The predicted octanol–water partition coefficient (Wildman–Crippen LogP) is 1.98. The van der Waals surface area contributed by atoms with Crippen LogP contribution in [0.2, 0.25) is 0 Å². The number of methoxy groups -OCH3 is 1. The highest BCUT2D eigenvalue weighted by molar-refractivity contribution is 5.72. The van der Waals surface area contributed by atoms with E-state index >= 15 is 0 Å². The Balaban J connectivity index is 2.91. The van der Waals surface area contributed by atoms with Crippen LogP contribution in [0.15, 0.2) is 18.2 Å². The van der Waals surface area contributed by atoms with Gasteiger partial charge in [0.1, 0.15) is 5.75 Å². The summed E-state index contributed by atoms with van der Waals surface area (Å²) in [6.45, 7) is 4.17. The molecule has 0 aliphatic carbocycles. The van der Waals surface area contributed by atoms with Gasteiger partial charge >= 0.3 is 0 Å². The van der Waals surface area contributed by atoms with E-state index < -0.39 is 0 Å². The van der Waals surface area contributed by atoms with Crippen LogP contribution in [0.1, 0.15) is 18.1 Å². The topological polar surface area (TPSA) is 29.5 Å². The van der Waals surface area contributed by atoms with Crippen molar-refractivity contribution in [3.8, 4) is 5.75 Å². The lowest BCUT2D eigenvalue weighted by atomic mass is 10.1. The molecular formula is C12H17NO2. The van der Waals surface area contributed by atoms with Crippen molar-refractivity contribution in [3.05, 3.63) is 29.3 Å². The van der Waals surface area contributed by atoms with Gasteiger partial charge in [0.2, 0.25) is 5.91 Å². The van der Waals surface area contributed by atoms with E-state index in [4.69, 9.17) is 4.74 Å². The fourth-order valence-electron chi connectivity index (χ4n) is 1.40. The van der Waals surface area contributed by atoms with Gasteiger partial charge in [0.15, 0.2) is 0 Å². The summed E-state index contributed by atoms with van der Waals surface area (Å²) in [5.74, 6) is 0.882. The molecule has 1 aromatic rings. The van der Waals surface area contributed by atoms with Gasteiger partial charge in [-0.3, -0.25) is 4.79 Å². The first-order valence-corrected chi connectivity index (χ1v) is 4.90. The van der Waals surface area contributed by atoms with Crippen molar-refractivity contribution in [1.29, 1.82) is 0 Å². The lowest BCUT2D eigenvalue weighted by Gasteiger charge is -2.17. The fourth-order valence-corrected chi connectivity index (χ4v) is 1.40. The Morgan fingerprint density at radius 3 is 2.67 bits per heavy atom. The van der Waals surface area contributed by atoms with Crippen LogP contribution < -0.4 is 4.74 Å². The predicted molar refractivity (Wildman–Crippen MR) is 59.9 cm³/mol. The average molecular weight is 207 g/mol. The van der Waals surface area contributed by atoms with Crippen LogP contribution in [-0.2, 0) is 11.3 Å². The van der Waals surface area contributed by atoms with Crippen LogP contribution in [0.4, 0.5) is 0 Å². The first kappa shape index (κ1) is 11.6. The van der Waals surface area contributed by atoms with Crippen molar-refractivity contribution in [2.45, 2.75) is 20.4 Å². The van der Waals surface area contributed by atoms with Gasteiger partial charge in [0, 0.05) is 26.1 Å². The molecule has 0 aliphatic rings. The Kier molecular flexibility index (Phi) is 3.72. The number of hydrogen-bond donors (Lipinski definition) is 0. The Labute approximate surface area is 90.7 Å². The van der Waals surface area contributed by atoms with Gasteiger partial charge in [0.05, 0.1) is 7.11 Å². The minimum atomic E-state index is 0.0542. The lowest BCUT2D eigenvalue weighted by Crippen LogP contribution is -2.23. The molecule has 0 spiro atoms. The summed E-state index contributed by atoms with van der Waals surface area (Å²) < 4.78 is 5.24. The molecule has 0 fully saturated rings. The molecule has 0 N–H and O–H groups in total. The molecular weight excluding hydrogens is 190 g/mol. The van der Waals surface area contributed by atoms with Crippen LogP contribution in [0.25, 0.3) is 0 Å². The summed E-state index contributed by atoms with van der Waals surface area (Å²) in [6.07, 6.45) is 0. The minimum absolute atomic E-state index is 0.0542. The lowest BCUT2D eigenvalue weighted by molar-refractivity contribution is -0.128. The summed E-state index contributed by atoms with van der Waals surface area (Å²) in [7, 11) is 3.42. The van der Waals surface area contributed by atoms with E-state index in [9.17, 15) is 4.79 Å². The first-order chi connectivity index (χ1) is 7.04. The fraction of sp³-hybridized carbons (Fsp3) is 0.417. The molecule has 1 amide bonds. The quantitative estimate of drug-likeness (QED) is 0.758. The van der Waals surface area contributed by atoms with E-state index in [2.05, 4.69) is 0 Å². The Bertz CT molecular complexity index is 361. The molecule has 0 atom stereocenters. The molecule has 0 aliphatic heterocycles. The molecule has 1 rings (SSSR count). The van der Waals surface area contributed by atoms with Crippen molar-refractivity contribution in [3.63, 3.8) is 0 Å². The highest BCUT2D eigenvalue weighted by atomic mass is 16.5. The molecule has 0 saturated heterocycles. The zero-order valence-corrected chi connectivity index (χ0v) is 9.70. The van der Waals surface area contributed by atoms with E-state index in [0.29, 0.717) is 6.54 Å². The summed E-state index contributed by atoms with van der Waals surface area (Å²) >= 11 is 0. The molecule has 0 aromatic heterocycles. The number of nitrogens with zero attached hydrogens (tertiary/aromatic N) is 1. The van der Waals surface area contributed by atoms with Gasteiger partial charge in [-0.05, 0) is 13.0 Å². The van der Waals surface area contributed by atoms with E-state index in [1.807, 2.05) is 25.1 Å². The largest absolute Gasteiger partial charge is 0.496 e. The van der Waals surface area contributed by atoms with Crippen LogP contribution in [0.3, 0.4) is 0 Å². The molecule has 0 heterocycles. The maximum Gasteiger partial charge on any atom is 0.219 e. The average Bonchev–Trinajstić information content (AvgIpc) is 2.18. The zero-order chi connectivity index (χ0) is 11.4. The molecule has 15 heavy (non-hydrogen) atoms. The number of benzene rings is 1. The van der Waals surface area contributed by atoms with Crippen molar-refractivity contribution < 1.29 is 9.53 Å². The Hall–Kier alpha value is -1.51. The van der Waals surface area contributed by atoms with Crippen LogP contribution in [0, 0.1) is 6.92 Å². The van der Waals surface area contributed by atoms with Gasteiger partial charge in [-0.2, -0.15) is 0 Å². The van der Waals surface area contributed by atoms with Crippen molar-refractivity contribution in [1.82, 2.24) is 4.90 Å². The van der Waals surface area contributed by atoms with Gasteiger partial charge in [-0.15, -0.1) is 0 Å². The summed E-state index contributed by atoms with van der Waals surface area (Å²) in [5.41, 5.74) is 2.21. The number of amides is 1. The van der Waals surface area contributed by atoms with Gasteiger partial charge < -0.3 is 9.64 Å². The van der Waals surface area contributed by atoms with E-state index in [0.717, 1.165) is 11.3 Å². The molecule has 3 heteroatoms. The molecule has 82 valence electrons. The second-order valence-corrected chi connectivity index (χ2v) is 3.69. The van der Waals surface area contributed by atoms with Gasteiger partial charge in [-0.1, -0.05) is 17.7 Å². The van der Waals surface area contributed by atoms with Crippen LogP contribution in [0.5, 0.6) is 5.75 Å². The minimum Gasteiger partial charge on any atom is -0.496 e. The zero-order valence-electron chi connectivity index (χ0n) is 9.70. The van der Waals surface area contributed by atoms with E-state index in [1.54, 1.807) is 26.0 Å². The first-order valence-electron chi connectivity index (χ1n) is 4.90. The normalized spacial score (nSPS) is 9.87. The van der Waals surface area contributed by atoms with Crippen LogP contribution >= 0.6 is 0 Å². The second-order valence-electron chi connectivity index (χ2n) is 3.69. The number of hydrogen-bond acceptors (Lipinski definition) is 2. The highest BCUT2D eigenvalue weighted by Gasteiger charge is 2.08. The number of ether oxygens (including phenoxy) is 1. The number of aryl methyl sites for hydroxylation is 1. The number of carbonyl (C=O) groups excluding carboxylic acids is 1. The Morgan fingerprint density at radius 2 is 2.13 bits per heavy atom. The number of rotatable bonds is 3. The highest BCUT2D eigenvalue weighted by Crippen LogP contribution is 2.20. The Morgan fingerprint density at radius 1 is 1.47 bits per heavy atom. The maximum atomic E-state index is 11.1. The third-order valence-corrected chi connectivity index (χ3v) is 2.38. The van der Waals surface area contributed by atoms with Crippen molar-refractivity contribution >= 4 is 5.91 Å². The summed E-state index contributed by atoms with van der Waals surface area (Å²) in [6, 6.07) is 5.97. The monoisotopic (exact) mass is 207 g/mol. The molecule has 0 saturated carbocycles. The molecule has 0 unspecified atom stereocenters. The van der Waals surface area contributed by atoms with Crippen molar-refractivity contribution in [2.75, 3.05) is 14.2 Å². The molecule has 1 aromatic carbocycles. The number of carbonyl (C=O) groups is 1. The molecule has 0 bridgehead atoms. The van der Waals surface area contributed by atoms with Crippen LogP contribution in [-0.4, -0.2) is 25.0 Å². The second kappa shape index (κ2) is 4.82. The van der Waals surface area contributed by atoms with Gasteiger partial charge in [0.25, 0.3) is 0 Å². The van der Waals surface area contributed by atoms with Gasteiger partial charge in [-0.25, -0.2) is 0 Å². The standard InChI is InChI=1S/C12H17NO2/c1-9-5-6-12(15-4)11(7-9)8-13(3)10(2)14/h5-7H,8H2,1-4H3. The molecule has 0 radical (unpaired) electrons. The van der Waals surface area contributed by atoms with E-state index in [-0.39, 0.29) is 5.91 Å². The smallest absolute Gasteiger partial charge is 0.219 e.